The highest BCUT2D eigenvalue weighted by Crippen LogP contribution is 2.24. The van der Waals surface area contributed by atoms with Crippen molar-refractivity contribution in [2.75, 3.05) is 26.7 Å². The predicted octanol–water partition coefficient (Wildman–Crippen LogP) is 3.73. The highest BCUT2D eigenvalue weighted by molar-refractivity contribution is 5.80. The van der Waals surface area contributed by atoms with Gasteiger partial charge in [0.15, 0.2) is 5.96 Å². The summed E-state index contributed by atoms with van der Waals surface area (Å²) in [7, 11) is 1.82. The molecule has 0 amide bonds. The molecule has 140 valence electrons. The number of guanidine groups is 1. The van der Waals surface area contributed by atoms with Gasteiger partial charge in [-0.1, -0.05) is 36.8 Å². The third kappa shape index (κ3) is 4.88. The number of benzene rings is 1. The van der Waals surface area contributed by atoms with E-state index in [1.807, 2.05) is 19.2 Å². The summed E-state index contributed by atoms with van der Waals surface area (Å²) in [5, 5.41) is 6.97. The zero-order valence-electron chi connectivity index (χ0n) is 15.8. The molecule has 0 aliphatic carbocycles. The molecule has 0 saturated carbocycles. The minimum Gasteiger partial charge on any atom is -0.468 e. The highest BCUT2D eigenvalue weighted by atomic mass is 16.3. The van der Waals surface area contributed by atoms with Crippen molar-refractivity contribution in [3.05, 3.63) is 60.1 Å². The third-order valence-corrected chi connectivity index (χ3v) is 5.04. The summed E-state index contributed by atoms with van der Waals surface area (Å²) in [6.45, 7) is 5.17. The summed E-state index contributed by atoms with van der Waals surface area (Å²) >= 11 is 0. The molecule has 26 heavy (non-hydrogen) atoms. The van der Waals surface area contributed by atoms with Gasteiger partial charge in [0.2, 0.25) is 0 Å². The van der Waals surface area contributed by atoms with Gasteiger partial charge < -0.3 is 15.1 Å². The Morgan fingerprint density at radius 1 is 1.12 bits per heavy atom. The number of aliphatic imine (C=N–C) groups is 1. The van der Waals surface area contributed by atoms with Crippen LogP contribution in [0.3, 0.4) is 0 Å². The number of likely N-dealkylation sites (tertiary alicyclic amines) is 1. The van der Waals surface area contributed by atoms with E-state index in [9.17, 15) is 0 Å². The molecular weight excluding hydrogens is 324 g/mol. The van der Waals surface area contributed by atoms with Crippen LogP contribution in [0.15, 0.2) is 58.1 Å². The molecule has 0 bridgehead atoms. The Kier molecular flexibility index (Phi) is 6.72. The van der Waals surface area contributed by atoms with Crippen LogP contribution >= 0.6 is 0 Å². The van der Waals surface area contributed by atoms with E-state index in [0.717, 1.165) is 31.4 Å². The van der Waals surface area contributed by atoms with E-state index in [4.69, 9.17) is 4.42 Å². The molecule has 1 saturated heterocycles. The summed E-state index contributed by atoms with van der Waals surface area (Å²) in [4.78, 5) is 6.91. The molecule has 3 rings (SSSR count). The molecular formula is C21H30N4O. The number of rotatable bonds is 6. The summed E-state index contributed by atoms with van der Waals surface area (Å²) in [5.41, 5.74) is 1.24. The molecule has 2 atom stereocenters. The third-order valence-electron chi connectivity index (χ3n) is 5.04. The van der Waals surface area contributed by atoms with Crippen molar-refractivity contribution in [3.63, 3.8) is 0 Å². The molecule has 1 aromatic carbocycles. The molecule has 5 heteroatoms. The Hall–Kier alpha value is -2.27. The van der Waals surface area contributed by atoms with Crippen LogP contribution in [-0.2, 0) is 0 Å². The first-order valence-electron chi connectivity index (χ1n) is 9.57. The lowest BCUT2D eigenvalue weighted by atomic mass is 10.1. The minimum atomic E-state index is 0.194. The van der Waals surface area contributed by atoms with E-state index in [-0.39, 0.29) is 12.1 Å². The van der Waals surface area contributed by atoms with Gasteiger partial charge in [0.05, 0.1) is 18.3 Å². The van der Waals surface area contributed by atoms with Crippen LogP contribution in [0.25, 0.3) is 0 Å². The van der Waals surface area contributed by atoms with Crippen LogP contribution in [0, 0.1) is 0 Å². The fourth-order valence-electron chi connectivity index (χ4n) is 3.54. The minimum absolute atomic E-state index is 0.194. The van der Waals surface area contributed by atoms with Gasteiger partial charge in [0.1, 0.15) is 5.76 Å². The van der Waals surface area contributed by atoms with Crippen molar-refractivity contribution in [1.29, 1.82) is 0 Å². The van der Waals surface area contributed by atoms with Crippen molar-refractivity contribution >= 4 is 5.96 Å². The average molecular weight is 354 g/mol. The van der Waals surface area contributed by atoms with E-state index >= 15 is 0 Å². The van der Waals surface area contributed by atoms with Gasteiger partial charge in [-0.2, -0.15) is 0 Å². The number of hydrogen-bond acceptors (Lipinski definition) is 3. The Morgan fingerprint density at radius 3 is 2.54 bits per heavy atom. The molecule has 2 aromatic rings. The summed E-state index contributed by atoms with van der Waals surface area (Å²) in [5.74, 6) is 1.83. The van der Waals surface area contributed by atoms with E-state index in [1.54, 1.807) is 6.26 Å². The number of hydrogen-bond donors (Lipinski definition) is 2. The topological polar surface area (TPSA) is 52.8 Å². The van der Waals surface area contributed by atoms with E-state index < -0.39 is 0 Å². The van der Waals surface area contributed by atoms with Gasteiger partial charge in [-0.15, -0.1) is 0 Å². The lowest BCUT2D eigenvalue weighted by Gasteiger charge is -2.34. The van der Waals surface area contributed by atoms with Crippen LogP contribution < -0.4 is 10.6 Å². The number of furan rings is 1. The largest absolute Gasteiger partial charge is 0.468 e. The number of nitrogens with one attached hydrogen (secondary N) is 2. The van der Waals surface area contributed by atoms with Crippen molar-refractivity contribution in [3.8, 4) is 0 Å². The zero-order valence-corrected chi connectivity index (χ0v) is 15.8. The first-order chi connectivity index (χ1) is 12.8. The van der Waals surface area contributed by atoms with Gasteiger partial charge in [0, 0.05) is 13.6 Å². The van der Waals surface area contributed by atoms with Gasteiger partial charge in [-0.25, -0.2) is 0 Å². The first kappa shape index (κ1) is 18.5. The maximum absolute atomic E-state index is 5.72. The van der Waals surface area contributed by atoms with E-state index in [0.29, 0.717) is 0 Å². The Labute approximate surface area is 156 Å². The molecule has 0 radical (unpaired) electrons. The summed E-state index contributed by atoms with van der Waals surface area (Å²) < 4.78 is 5.72. The van der Waals surface area contributed by atoms with Crippen LogP contribution in [0.2, 0.25) is 0 Å². The van der Waals surface area contributed by atoms with Gasteiger partial charge in [-0.3, -0.25) is 9.89 Å². The van der Waals surface area contributed by atoms with Crippen LogP contribution in [-0.4, -0.2) is 37.5 Å². The molecule has 0 spiro atoms. The second-order valence-corrected chi connectivity index (χ2v) is 6.86. The summed E-state index contributed by atoms with van der Waals surface area (Å²) in [6, 6.07) is 14.9. The van der Waals surface area contributed by atoms with Gasteiger partial charge in [-0.05, 0) is 50.6 Å². The zero-order chi connectivity index (χ0) is 18.2. The first-order valence-corrected chi connectivity index (χ1v) is 9.57. The lowest BCUT2D eigenvalue weighted by molar-refractivity contribution is 0.146. The Balaban J connectivity index is 1.61. The average Bonchev–Trinajstić information content (AvgIpc) is 3.23. The Bertz CT molecular complexity index is 663. The predicted molar refractivity (Wildman–Crippen MR) is 106 cm³/mol. The summed E-state index contributed by atoms with van der Waals surface area (Å²) in [6.07, 6.45) is 5.61. The fourth-order valence-corrected chi connectivity index (χ4v) is 3.54. The monoisotopic (exact) mass is 354 g/mol. The second-order valence-electron chi connectivity index (χ2n) is 6.86. The maximum atomic E-state index is 5.72. The molecule has 2 heterocycles. The smallest absolute Gasteiger partial charge is 0.191 e. The second kappa shape index (κ2) is 9.43. The quantitative estimate of drug-likeness (QED) is 0.613. The van der Waals surface area contributed by atoms with Crippen molar-refractivity contribution in [2.45, 2.75) is 38.3 Å². The van der Waals surface area contributed by atoms with E-state index in [1.165, 1.54) is 24.8 Å². The Morgan fingerprint density at radius 2 is 1.88 bits per heavy atom. The number of piperidine rings is 1. The maximum Gasteiger partial charge on any atom is 0.191 e. The van der Waals surface area contributed by atoms with Crippen LogP contribution in [0.1, 0.15) is 49.6 Å². The normalized spacial score (nSPS) is 18.3. The molecule has 2 N–H and O–H groups in total. The van der Waals surface area contributed by atoms with Crippen molar-refractivity contribution in [2.24, 2.45) is 4.99 Å². The van der Waals surface area contributed by atoms with Crippen LogP contribution in [0.4, 0.5) is 0 Å². The van der Waals surface area contributed by atoms with Gasteiger partial charge >= 0.3 is 0 Å². The number of nitrogens with zero attached hydrogens (tertiary/aromatic N) is 2. The highest BCUT2D eigenvalue weighted by Gasteiger charge is 2.24. The van der Waals surface area contributed by atoms with E-state index in [2.05, 4.69) is 57.8 Å². The molecule has 2 unspecified atom stereocenters. The fraction of sp³-hybridized carbons (Fsp3) is 0.476. The van der Waals surface area contributed by atoms with Crippen molar-refractivity contribution < 1.29 is 4.42 Å². The molecule has 5 nitrogen and oxygen atoms in total. The SMILES string of the molecule is CN=C(NCC(c1ccco1)N1CCCCC1)NC(C)c1ccccc1. The van der Waals surface area contributed by atoms with Gasteiger partial charge in [0.25, 0.3) is 0 Å². The molecule has 1 aliphatic rings. The molecule has 1 fully saturated rings. The van der Waals surface area contributed by atoms with Crippen molar-refractivity contribution in [1.82, 2.24) is 15.5 Å². The molecule has 1 aliphatic heterocycles. The standard InChI is InChI=1S/C21H30N4O/c1-17(18-10-5-3-6-11-18)24-21(22-2)23-16-19(20-12-9-15-26-20)25-13-7-4-8-14-25/h3,5-6,9-12,15,17,19H,4,7-8,13-14,16H2,1-2H3,(H2,22,23,24). The molecule has 1 aromatic heterocycles. The van der Waals surface area contributed by atoms with Crippen LogP contribution in [0.5, 0.6) is 0 Å². The lowest BCUT2D eigenvalue weighted by Crippen LogP contribution is -2.44.